The molecule has 13 heavy (non-hydrogen) atoms. The SMILES string of the molecule is CCCCCCCCC=C1CCC1. The van der Waals surface area contributed by atoms with Crippen LogP contribution in [-0.2, 0) is 0 Å². The maximum absolute atomic E-state index is 2.49. The largest absolute Gasteiger partial charge is 0.0853 e. The van der Waals surface area contributed by atoms with Crippen LogP contribution < -0.4 is 0 Å². The average Bonchev–Trinajstić information content (AvgIpc) is 2.07. The van der Waals surface area contributed by atoms with Crippen LogP contribution in [0, 0.1) is 0 Å². The van der Waals surface area contributed by atoms with Gasteiger partial charge in [-0.2, -0.15) is 0 Å². The van der Waals surface area contributed by atoms with Gasteiger partial charge in [0.05, 0.1) is 0 Å². The van der Waals surface area contributed by atoms with Crippen LogP contribution in [0.3, 0.4) is 0 Å². The molecule has 1 rings (SSSR count). The van der Waals surface area contributed by atoms with E-state index in [2.05, 4.69) is 13.0 Å². The van der Waals surface area contributed by atoms with Crippen LogP contribution in [-0.4, -0.2) is 0 Å². The number of hydrogen-bond donors (Lipinski definition) is 0. The molecule has 0 N–H and O–H groups in total. The molecule has 0 saturated heterocycles. The van der Waals surface area contributed by atoms with Crippen molar-refractivity contribution in [1.29, 1.82) is 0 Å². The third-order valence-corrected chi connectivity index (χ3v) is 2.99. The highest BCUT2D eigenvalue weighted by atomic mass is 14.1. The standard InChI is InChI=1S/C13H24/c1-2-3-4-5-6-7-8-10-13-11-9-12-13/h10H,2-9,11-12H2,1H3. The molecule has 0 radical (unpaired) electrons. The third kappa shape index (κ3) is 5.13. The molecule has 0 nitrogen and oxygen atoms in total. The van der Waals surface area contributed by atoms with Crippen LogP contribution in [0.5, 0.6) is 0 Å². The van der Waals surface area contributed by atoms with E-state index in [9.17, 15) is 0 Å². The van der Waals surface area contributed by atoms with Gasteiger partial charge < -0.3 is 0 Å². The summed E-state index contributed by atoms with van der Waals surface area (Å²) in [5.41, 5.74) is 1.73. The minimum Gasteiger partial charge on any atom is -0.0853 e. The van der Waals surface area contributed by atoms with Gasteiger partial charge in [0.2, 0.25) is 0 Å². The van der Waals surface area contributed by atoms with Crippen LogP contribution in [0.1, 0.15) is 71.1 Å². The number of rotatable bonds is 7. The van der Waals surface area contributed by atoms with Gasteiger partial charge in [0.25, 0.3) is 0 Å². The zero-order valence-electron chi connectivity index (χ0n) is 9.15. The molecular formula is C13H24. The summed E-state index contributed by atoms with van der Waals surface area (Å²) in [6.07, 6.45) is 16.7. The van der Waals surface area contributed by atoms with Gasteiger partial charge in [-0.15, -0.1) is 0 Å². The summed E-state index contributed by atoms with van der Waals surface area (Å²) in [7, 11) is 0. The molecule has 0 heterocycles. The molecule has 0 bridgehead atoms. The van der Waals surface area contributed by atoms with Gasteiger partial charge in [-0.05, 0) is 32.1 Å². The Hall–Kier alpha value is -0.260. The monoisotopic (exact) mass is 180 g/mol. The van der Waals surface area contributed by atoms with Crippen molar-refractivity contribution in [3.63, 3.8) is 0 Å². The van der Waals surface area contributed by atoms with Crippen LogP contribution in [0.25, 0.3) is 0 Å². The van der Waals surface area contributed by atoms with Crippen molar-refractivity contribution in [2.75, 3.05) is 0 Å². The highest BCUT2D eigenvalue weighted by molar-refractivity contribution is 5.08. The Bertz CT molecular complexity index is 138. The molecule has 1 aliphatic carbocycles. The van der Waals surface area contributed by atoms with Crippen molar-refractivity contribution in [2.24, 2.45) is 0 Å². The molecule has 1 fully saturated rings. The van der Waals surface area contributed by atoms with Gasteiger partial charge in [-0.1, -0.05) is 50.7 Å². The molecule has 0 amide bonds. The van der Waals surface area contributed by atoms with Gasteiger partial charge in [-0.25, -0.2) is 0 Å². The Labute approximate surface area is 83.4 Å². The smallest absolute Gasteiger partial charge is 0.0317 e. The average molecular weight is 180 g/mol. The number of hydrogen-bond acceptors (Lipinski definition) is 0. The third-order valence-electron chi connectivity index (χ3n) is 2.99. The number of allylic oxidation sites excluding steroid dienone is 2. The van der Waals surface area contributed by atoms with Crippen LogP contribution in [0.15, 0.2) is 11.6 Å². The van der Waals surface area contributed by atoms with E-state index < -0.39 is 0 Å². The fraction of sp³-hybridized carbons (Fsp3) is 0.846. The quantitative estimate of drug-likeness (QED) is 0.388. The maximum atomic E-state index is 2.49. The van der Waals surface area contributed by atoms with E-state index in [0.29, 0.717) is 0 Å². The first-order chi connectivity index (χ1) is 6.43. The fourth-order valence-corrected chi connectivity index (χ4v) is 1.82. The Morgan fingerprint density at radius 2 is 1.69 bits per heavy atom. The van der Waals surface area contributed by atoms with Gasteiger partial charge in [0, 0.05) is 0 Å². The van der Waals surface area contributed by atoms with Gasteiger partial charge in [0.15, 0.2) is 0 Å². The molecule has 0 unspecified atom stereocenters. The van der Waals surface area contributed by atoms with Crippen molar-refractivity contribution in [3.8, 4) is 0 Å². The number of unbranched alkanes of at least 4 members (excludes halogenated alkanes) is 6. The van der Waals surface area contributed by atoms with Gasteiger partial charge in [-0.3, -0.25) is 0 Å². The highest BCUT2D eigenvalue weighted by Crippen LogP contribution is 2.25. The summed E-state index contributed by atoms with van der Waals surface area (Å²) in [5, 5.41) is 0. The Morgan fingerprint density at radius 3 is 2.31 bits per heavy atom. The molecule has 0 aromatic rings. The summed E-state index contributed by atoms with van der Waals surface area (Å²) in [6, 6.07) is 0. The Morgan fingerprint density at radius 1 is 1.00 bits per heavy atom. The Kier molecular flexibility index (Phi) is 5.97. The molecule has 1 saturated carbocycles. The second-order valence-electron chi connectivity index (χ2n) is 4.27. The van der Waals surface area contributed by atoms with Crippen LogP contribution in [0.4, 0.5) is 0 Å². The lowest BCUT2D eigenvalue weighted by Gasteiger charge is -2.15. The first-order valence-electron chi connectivity index (χ1n) is 6.11. The van der Waals surface area contributed by atoms with Crippen molar-refractivity contribution in [3.05, 3.63) is 11.6 Å². The molecule has 76 valence electrons. The highest BCUT2D eigenvalue weighted by Gasteiger charge is 2.06. The van der Waals surface area contributed by atoms with E-state index in [-0.39, 0.29) is 0 Å². The lowest BCUT2D eigenvalue weighted by atomic mass is 9.91. The van der Waals surface area contributed by atoms with Crippen molar-refractivity contribution in [2.45, 2.75) is 71.1 Å². The summed E-state index contributed by atoms with van der Waals surface area (Å²) >= 11 is 0. The molecule has 1 aliphatic rings. The first-order valence-corrected chi connectivity index (χ1v) is 6.11. The predicted molar refractivity (Wildman–Crippen MR) is 59.9 cm³/mol. The van der Waals surface area contributed by atoms with Crippen LogP contribution >= 0.6 is 0 Å². The molecular weight excluding hydrogens is 156 g/mol. The lowest BCUT2D eigenvalue weighted by molar-refractivity contribution is 0.604. The molecule has 0 aromatic carbocycles. The van der Waals surface area contributed by atoms with Crippen molar-refractivity contribution >= 4 is 0 Å². The topological polar surface area (TPSA) is 0 Å². The first kappa shape index (κ1) is 10.8. The van der Waals surface area contributed by atoms with E-state index in [4.69, 9.17) is 0 Å². The van der Waals surface area contributed by atoms with E-state index in [1.165, 1.54) is 64.2 Å². The zero-order chi connectivity index (χ0) is 9.36. The summed E-state index contributed by atoms with van der Waals surface area (Å²) in [6.45, 7) is 2.28. The Balaban J connectivity index is 1.78. The summed E-state index contributed by atoms with van der Waals surface area (Å²) < 4.78 is 0. The molecule has 0 aliphatic heterocycles. The van der Waals surface area contributed by atoms with E-state index in [1.807, 2.05) is 0 Å². The normalized spacial score (nSPS) is 15.6. The summed E-state index contributed by atoms with van der Waals surface area (Å²) in [4.78, 5) is 0. The lowest BCUT2D eigenvalue weighted by Crippen LogP contribution is -1.95. The summed E-state index contributed by atoms with van der Waals surface area (Å²) in [5.74, 6) is 0. The molecule has 0 spiro atoms. The van der Waals surface area contributed by atoms with E-state index >= 15 is 0 Å². The maximum Gasteiger partial charge on any atom is -0.0317 e. The molecule has 0 atom stereocenters. The zero-order valence-corrected chi connectivity index (χ0v) is 9.15. The molecule has 0 heteroatoms. The second-order valence-corrected chi connectivity index (χ2v) is 4.27. The minimum atomic E-state index is 1.35. The fourth-order valence-electron chi connectivity index (χ4n) is 1.82. The van der Waals surface area contributed by atoms with Gasteiger partial charge in [0.1, 0.15) is 0 Å². The van der Waals surface area contributed by atoms with Crippen molar-refractivity contribution in [1.82, 2.24) is 0 Å². The van der Waals surface area contributed by atoms with E-state index in [1.54, 1.807) is 5.57 Å². The molecule has 0 aromatic heterocycles. The predicted octanol–water partition coefficient (Wildman–Crippen LogP) is 4.85. The second kappa shape index (κ2) is 7.17. The van der Waals surface area contributed by atoms with E-state index in [0.717, 1.165) is 0 Å². The van der Waals surface area contributed by atoms with Crippen LogP contribution in [0.2, 0.25) is 0 Å². The van der Waals surface area contributed by atoms with Crippen molar-refractivity contribution < 1.29 is 0 Å². The minimum absolute atomic E-state index is 1.35. The van der Waals surface area contributed by atoms with Gasteiger partial charge >= 0.3 is 0 Å².